The Balaban J connectivity index is 1.47. The van der Waals surface area contributed by atoms with Crippen molar-refractivity contribution in [2.45, 2.75) is 25.3 Å². The predicted octanol–water partition coefficient (Wildman–Crippen LogP) is 6.64. The Kier molecular flexibility index (Phi) is 5.38. The minimum absolute atomic E-state index is 0.0266. The number of aryl methyl sites for hydroxylation is 1. The first-order valence-electron chi connectivity index (χ1n) is 10.8. The van der Waals surface area contributed by atoms with Crippen molar-refractivity contribution in [3.63, 3.8) is 0 Å². The highest BCUT2D eigenvalue weighted by Crippen LogP contribution is 2.51. The summed E-state index contributed by atoms with van der Waals surface area (Å²) in [4.78, 5) is 23.7. The van der Waals surface area contributed by atoms with Gasteiger partial charge in [0.25, 0.3) is 11.6 Å². The number of rotatable bonds is 4. The third-order valence-corrected chi connectivity index (χ3v) is 6.88. The van der Waals surface area contributed by atoms with E-state index in [2.05, 4.69) is 22.8 Å². The van der Waals surface area contributed by atoms with Gasteiger partial charge in [0.2, 0.25) is 0 Å². The van der Waals surface area contributed by atoms with Gasteiger partial charge in [-0.1, -0.05) is 42.0 Å². The number of nitrogens with one attached hydrogen (secondary N) is 2. The summed E-state index contributed by atoms with van der Waals surface area (Å²) in [6.07, 6.45) is 5.15. The summed E-state index contributed by atoms with van der Waals surface area (Å²) in [5.74, 6) is 0.146. The van der Waals surface area contributed by atoms with Crippen LogP contribution in [0.25, 0.3) is 0 Å². The van der Waals surface area contributed by atoms with E-state index in [0.717, 1.165) is 34.5 Å². The molecular formula is C26H22ClN3O3. The van der Waals surface area contributed by atoms with Crippen LogP contribution in [0.4, 0.5) is 17.1 Å². The lowest BCUT2D eigenvalue weighted by Gasteiger charge is -2.38. The summed E-state index contributed by atoms with van der Waals surface area (Å²) in [6.45, 7) is 1.92. The van der Waals surface area contributed by atoms with Gasteiger partial charge in [-0.3, -0.25) is 14.9 Å². The Morgan fingerprint density at radius 1 is 1.12 bits per heavy atom. The number of hydrogen-bond acceptors (Lipinski definition) is 4. The third kappa shape index (κ3) is 3.87. The summed E-state index contributed by atoms with van der Waals surface area (Å²) in [7, 11) is 0. The van der Waals surface area contributed by atoms with E-state index in [-0.39, 0.29) is 29.5 Å². The van der Waals surface area contributed by atoms with Crippen molar-refractivity contribution in [1.29, 1.82) is 0 Å². The number of nitro groups is 1. The van der Waals surface area contributed by atoms with Gasteiger partial charge in [0, 0.05) is 45.6 Å². The van der Waals surface area contributed by atoms with E-state index in [0.29, 0.717) is 10.6 Å². The molecule has 3 atom stereocenters. The standard InChI is InChI=1S/C26H22ClN3O3/c1-15-5-2-3-6-18(15)26(31)28-16-9-12-24-21(13-16)19-7-4-8-20(19)25(29-24)22-14-17(30(32)33)10-11-23(22)27/h2-7,9-14,19-20,25,29H,8H2,1H3,(H,28,31). The number of nitrogens with zero attached hydrogens (tertiary/aromatic N) is 1. The van der Waals surface area contributed by atoms with Gasteiger partial charge >= 0.3 is 0 Å². The fraction of sp³-hybridized carbons (Fsp3) is 0.192. The number of allylic oxidation sites excluding steroid dienone is 2. The summed E-state index contributed by atoms with van der Waals surface area (Å²) < 4.78 is 0. The zero-order valence-corrected chi connectivity index (χ0v) is 18.7. The first kappa shape index (κ1) is 21.2. The maximum Gasteiger partial charge on any atom is 0.269 e. The number of nitro benzene ring substituents is 1. The van der Waals surface area contributed by atoms with Crippen molar-refractivity contribution in [2.75, 3.05) is 10.6 Å². The van der Waals surface area contributed by atoms with E-state index in [1.165, 1.54) is 6.07 Å². The number of non-ortho nitro benzene ring substituents is 1. The lowest BCUT2D eigenvalue weighted by Crippen LogP contribution is -2.29. The van der Waals surface area contributed by atoms with Crippen molar-refractivity contribution in [1.82, 2.24) is 0 Å². The maximum absolute atomic E-state index is 12.8. The van der Waals surface area contributed by atoms with E-state index < -0.39 is 4.92 Å². The van der Waals surface area contributed by atoms with Crippen LogP contribution in [0.2, 0.25) is 5.02 Å². The molecule has 2 aliphatic rings. The number of hydrogen-bond donors (Lipinski definition) is 2. The molecule has 0 aromatic heterocycles. The molecule has 1 amide bonds. The highest BCUT2D eigenvalue weighted by Gasteiger charge is 2.39. The maximum atomic E-state index is 12.8. The fourth-order valence-corrected chi connectivity index (χ4v) is 5.12. The fourth-order valence-electron chi connectivity index (χ4n) is 4.89. The average Bonchev–Trinajstić information content (AvgIpc) is 3.29. The lowest BCUT2D eigenvalue weighted by molar-refractivity contribution is -0.384. The number of anilines is 2. The number of fused-ring (bicyclic) bond motifs is 3. The highest BCUT2D eigenvalue weighted by molar-refractivity contribution is 6.31. The zero-order chi connectivity index (χ0) is 23.1. The minimum atomic E-state index is -0.398. The molecule has 2 N–H and O–H groups in total. The third-order valence-electron chi connectivity index (χ3n) is 6.54. The quantitative estimate of drug-likeness (QED) is 0.260. The molecule has 6 nitrogen and oxygen atoms in total. The molecule has 1 aliphatic carbocycles. The molecule has 0 fully saturated rings. The van der Waals surface area contributed by atoms with Crippen LogP contribution < -0.4 is 10.6 Å². The molecule has 1 aliphatic heterocycles. The summed E-state index contributed by atoms with van der Waals surface area (Å²) in [5.41, 5.74) is 5.08. The summed E-state index contributed by atoms with van der Waals surface area (Å²) in [5, 5.41) is 18.4. The van der Waals surface area contributed by atoms with Crippen molar-refractivity contribution in [2.24, 2.45) is 5.92 Å². The van der Waals surface area contributed by atoms with Crippen LogP contribution in [0.15, 0.2) is 72.8 Å². The van der Waals surface area contributed by atoms with Crippen LogP contribution in [0.1, 0.15) is 45.4 Å². The Morgan fingerprint density at radius 3 is 2.73 bits per heavy atom. The Bertz CT molecular complexity index is 1300. The van der Waals surface area contributed by atoms with Gasteiger partial charge in [-0.05, 0) is 60.7 Å². The van der Waals surface area contributed by atoms with Crippen molar-refractivity contribution in [3.8, 4) is 0 Å². The molecule has 5 rings (SSSR count). The molecule has 3 unspecified atom stereocenters. The molecule has 166 valence electrons. The van der Waals surface area contributed by atoms with E-state index >= 15 is 0 Å². The second kappa shape index (κ2) is 8.37. The van der Waals surface area contributed by atoms with Crippen LogP contribution in [0, 0.1) is 23.0 Å². The van der Waals surface area contributed by atoms with Crippen LogP contribution in [-0.2, 0) is 0 Å². The SMILES string of the molecule is Cc1ccccc1C(=O)Nc1ccc2c(c1)C1C=CCC1C(c1cc([N+](=O)[O-])ccc1Cl)N2. The van der Waals surface area contributed by atoms with Crippen LogP contribution in [0.5, 0.6) is 0 Å². The summed E-state index contributed by atoms with van der Waals surface area (Å²) in [6, 6.07) is 17.7. The van der Waals surface area contributed by atoms with Crippen molar-refractivity contribution in [3.05, 3.63) is 110 Å². The monoisotopic (exact) mass is 459 g/mol. The highest BCUT2D eigenvalue weighted by atomic mass is 35.5. The smallest absolute Gasteiger partial charge is 0.269 e. The number of carbonyl (C=O) groups is 1. The van der Waals surface area contributed by atoms with Gasteiger partial charge < -0.3 is 10.6 Å². The van der Waals surface area contributed by atoms with Crippen LogP contribution >= 0.6 is 11.6 Å². The molecule has 0 saturated heterocycles. The minimum Gasteiger partial charge on any atom is -0.378 e. The molecule has 0 radical (unpaired) electrons. The van der Waals surface area contributed by atoms with Gasteiger partial charge in [0.1, 0.15) is 0 Å². The molecule has 3 aromatic rings. The molecule has 33 heavy (non-hydrogen) atoms. The first-order valence-corrected chi connectivity index (χ1v) is 11.2. The molecule has 0 spiro atoms. The van der Waals surface area contributed by atoms with E-state index in [1.807, 2.05) is 49.4 Å². The topological polar surface area (TPSA) is 84.3 Å². The van der Waals surface area contributed by atoms with Gasteiger partial charge in [-0.25, -0.2) is 0 Å². The summed E-state index contributed by atoms with van der Waals surface area (Å²) >= 11 is 6.47. The number of carbonyl (C=O) groups excluding carboxylic acids is 1. The molecule has 0 saturated carbocycles. The van der Waals surface area contributed by atoms with Gasteiger partial charge in [0.15, 0.2) is 0 Å². The zero-order valence-electron chi connectivity index (χ0n) is 17.9. The van der Waals surface area contributed by atoms with Crippen LogP contribution in [0.3, 0.4) is 0 Å². The van der Waals surface area contributed by atoms with Gasteiger partial charge in [0.05, 0.1) is 11.0 Å². The van der Waals surface area contributed by atoms with Crippen LogP contribution in [-0.4, -0.2) is 10.8 Å². The van der Waals surface area contributed by atoms with E-state index in [1.54, 1.807) is 12.1 Å². The molecule has 7 heteroatoms. The largest absolute Gasteiger partial charge is 0.378 e. The lowest BCUT2D eigenvalue weighted by atomic mass is 9.77. The Hall–Kier alpha value is -3.64. The van der Waals surface area contributed by atoms with Crippen molar-refractivity contribution >= 4 is 34.6 Å². The van der Waals surface area contributed by atoms with E-state index in [9.17, 15) is 14.9 Å². The predicted molar refractivity (Wildman–Crippen MR) is 130 cm³/mol. The van der Waals surface area contributed by atoms with Gasteiger partial charge in [-0.15, -0.1) is 0 Å². The van der Waals surface area contributed by atoms with Crippen molar-refractivity contribution < 1.29 is 9.72 Å². The van der Waals surface area contributed by atoms with Gasteiger partial charge in [-0.2, -0.15) is 0 Å². The Labute approximate surface area is 196 Å². The van der Waals surface area contributed by atoms with E-state index in [4.69, 9.17) is 11.6 Å². The average molecular weight is 460 g/mol. The first-order chi connectivity index (χ1) is 15.9. The Morgan fingerprint density at radius 2 is 1.94 bits per heavy atom. The molecular weight excluding hydrogens is 438 g/mol. The molecule has 3 aromatic carbocycles. The normalized spacial score (nSPS) is 20.5. The number of halogens is 1. The molecule has 1 heterocycles. The number of benzene rings is 3. The number of amides is 1. The second-order valence-electron chi connectivity index (χ2n) is 8.51. The second-order valence-corrected chi connectivity index (χ2v) is 8.92. The molecule has 0 bridgehead atoms.